The SMILES string of the molecule is O=C(NCc1ccc(-c2noc(C(F)(F)F)n2)cc1)N1CCCC1. The molecule has 2 amide bonds. The van der Waals surface area contributed by atoms with Gasteiger partial charge < -0.3 is 14.7 Å². The third-order valence-corrected chi connectivity index (χ3v) is 3.72. The molecule has 0 bridgehead atoms. The lowest BCUT2D eigenvalue weighted by atomic mass is 10.1. The van der Waals surface area contributed by atoms with Crippen molar-refractivity contribution in [3.05, 3.63) is 35.7 Å². The first kappa shape index (κ1) is 16.3. The second-order valence-electron chi connectivity index (χ2n) is 5.47. The largest absolute Gasteiger partial charge is 0.471 e. The van der Waals surface area contributed by atoms with Gasteiger partial charge in [-0.25, -0.2) is 4.79 Å². The van der Waals surface area contributed by atoms with E-state index in [4.69, 9.17) is 0 Å². The van der Waals surface area contributed by atoms with Crippen molar-refractivity contribution in [2.75, 3.05) is 13.1 Å². The summed E-state index contributed by atoms with van der Waals surface area (Å²) in [7, 11) is 0. The number of alkyl halides is 3. The minimum absolute atomic E-state index is 0.107. The highest BCUT2D eigenvalue weighted by Gasteiger charge is 2.38. The Hall–Kier alpha value is -2.58. The number of carbonyl (C=O) groups is 1. The molecule has 3 rings (SSSR count). The van der Waals surface area contributed by atoms with Crippen LogP contribution in [0.5, 0.6) is 0 Å². The minimum Gasteiger partial charge on any atom is -0.334 e. The Kier molecular flexibility index (Phi) is 4.41. The van der Waals surface area contributed by atoms with Crippen molar-refractivity contribution in [2.45, 2.75) is 25.6 Å². The molecule has 1 fully saturated rings. The number of benzene rings is 1. The van der Waals surface area contributed by atoms with Crippen LogP contribution in [0.4, 0.5) is 18.0 Å². The molecule has 1 aliphatic heterocycles. The number of hydrogen-bond donors (Lipinski definition) is 1. The Balaban J connectivity index is 1.61. The van der Waals surface area contributed by atoms with Gasteiger partial charge in [0.2, 0.25) is 5.82 Å². The van der Waals surface area contributed by atoms with E-state index in [0.717, 1.165) is 31.5 Å². The fraction of sp³-hybridized carbons (Fsp3) is 0.400. The molecule has 128 valence electrons. The van der Waals surface area contributed by atoms with E-state index in [1.54, 1.807) is 29.2 Å². The molecule has 2 heterocycles. The van der Waals surface area contributed by atoms with Gasteiger partial charge in [0, 0.05) is 25.2 Å². The molecule has 1 aliphatic rings. The van der Waals surface area contributed by atoms with Crippen molar-refractivity contribution in [3.8, 4) is 11.4 Å². The van der Waals surface area contributed by atoms with Gasteiger partial charge in [-0.05, 0) is 18.4 Å². The molecule has 0 radical (unpaired) electrons. The normalized spacial score (nSPS) is 14.9. The summed E-state index contributed by atoms with van der Waals surface area (Å²) in [5.74, 6) is -1.51. The van der Waals surface area contributed by atoms with E-state index in [0.29, 0.717) is 12.1 Å². The van der Waals surface area contributed by atoms with Gasteiger partial charge in [-0.1, -0.05) is 29.4 Å². The molecule has 0 unspecified atom stereocenters. The lowest BCUT2D eigenvalue weighted by Crippen LogP contribution is -2.37. The quantitative estimate of drug-likeness (QED) is 0.932. The molecule has 6 nitrogen and oxygen atoms in total. The molecule has 0 saturated carbocycles. The highest BCUT2D eigenvalue weighted by molar-refractivity contribution is 5.74. The molecule has 0 aliphatic carbocycles. The predicted molar refractivity (Wildman–Crippen MR) is 77.8 cm³/mol. The number of urea groups is 1. The molecule has 0 atom stereocenters. The fourth-order valence-corrected chi connectivity index (χ4v) is 2.44. The Bertz CT molecular complexity index is 706. The van der Waals surface area contributed by atoms with E-state index in [1.807, 2.05) is 0 Å². The maximum Gasteiger partial charge on any atom is 0.471 e. The van der Waals surface area contributed by atoms with Crippen LogP contribution in [0.1, 0.15) is 24.3 Å². The van der Waals surface area contributed by atoms with Crippen molar-refractivity contribution < 1.29 is 22.5 Å². The van der Waals surface area contributed by atoms with Crippen LogP contribution in [0, 0.1) is 0 Å². The zero-order chi connectivity index (χ0) is 17.2. The maximum absolute atomic E-state index is 12.4. The summed E-state index contributed by atoms with van der Waals surface area (Å²) >= 11 is 0. The van der Waals surface area contributed by atoms with Gasteiger partial charge in [0.05, 0.1) is 0 Å². The first-order chi connectivity index (χ1) is 11.4. The average molecular weight is 340 g/mol. The van der Waals surface area contributed by atoms with E-state index >= 15 is 0 Å². The van der Waals surface area contributed by atoms with E-state index in [-0.39, 0.29) is 11.9 Å². The number of amides is 2. The number of carbonyl (C=O) groups excluding carboxylic acids is 1. The molecule has 1 saturated heterocycles. The lowest BCUT2D eigenvalue weighted by Gasteiger charge is -2.16. The highest BCUT2D eigenvalue weighted by atomic mass is 19.4. The van der Waals surface area contributed by atoms with Gasteiger partial charge in [-0.15, -0.1) is 0 Å². The van der Waals surface area contributed by atoms with Crippen molar-refractivity contribution in [1.82, 2.24) is 20.4 Å². The molecule has 1 aromatic heterocycles. The van der Waals surface area contributed by atoms with Gasteiger partial charge >= 0.3 is 18.1 Å². The topological polar surface area (TPSA) is 71.3 Å². The molecule has 1 N–H and O–H groups in total. The average Bonchev–Trinajstić information content (AvgIpc) is 3.23. The summed E-state index contributed by atoms with van der Waals surface area (Å²) < 4.78 is 41.5. The second kappa shape index (κ2) is 6.50. The zero-order valence-corrected chi connectivity index (χ0v) is 12.6. The summed E-state index contributed by atoms with van der Waals surface area (Å²) in [6, 6.07) is 6.46. The summed E-state index contributed by atoms with van der Waals surface area (Å²) in [4.78, 5) is 17.0. The van der Waals surface area contributed by atoms with Crippen LogP contribution in [0.15, 0.2) is 28.8 Å². The van der Waals surface area contributed by atoms with Gasteiger partial charge in [0.25, 0.3) is 0 Å². The van der Waals surface area contributed by atoms with Gasteiger partial charge in [-0.2, -0.15) is 18.2 Å². The summed E-state index contributed by atoms with van der Waals surface area (Å²) in [5.41, 5.74) is 1.23. The third-order valence-electron chi connectivity index (χ3n) is 3.72. The molecule has 9 heteroatoms. The lowest BCUT2D eigenvalue weighted by molar-refractivity contribution is -0.159. The Labute approximate surface area is 135 Å². The van der Waals surface area contributed by atoms with Gasteiger partial charge in [-0.3, -0.25) is 0 Å². The van der Waals surface area contributed by atoms with Gasteiger partial charge in [0.15, 0.2) is 0 Å². The van der Waals surface area contributed by atoms with Crippen molar-refractivity contribution in [1.29, 1.82) is 0 Å². The number of nitrogens with one attached hydrogen (secondary N) is 1. The second-order valence-corrected chi connectivity index (χ2v) is 5.47. The molecule has 2 aromatic rings. The molecular weight excluding hydrogens is 325 g/mol. The number of rotatable bonds is 3. The van der Waals surface area contributed by atoms with Crippen molar-refractivity contribution >= 4 is 6.03 Å². The van der Waals surface area contributed by atoms with E-state index < -0.39 is 12.1 Å². The van der Waals surface area contributed by atoms with Gasteiger partial charge in [0.1, 0.15) is 0 Å². The predicted octanol–water partition coefficient (Wildman–Crippen LogP) is 3.06. The summed E-state index contributed by atoms with van der Waals surface area (Å²) in [6.07, 6.45) is -2.62. The Morgan fingerprint density at radius 2 is 1.88 bits per heavy atom. The molecule has 0 spiro atoms. The number of likely N-dealkylation sites (tertiary alicyclic amines) is 1. The molecule has 1 aromatic carbocycles. The standard InChI is InChI=1S/C15H15F3N4O2/c16-15(17,18)13-20-12(21-24-13)11-5-3-10(4-6-11)9-19-14(23)22-7-1-2-8-22/h3-6H,1-2,7-9H2,(H,19,23). The minimum atomic E-state index is -4.66. The van der Waals surface area contributed by atoms with Crippen LogP contribution in [0.25, 0.3) is 11.4 Å². The monoisotopic (exact) mass is 340 g/mol. The van der Waals surface area contributed by atoms with Crippen LogP contribution < -0.4 is 5.32 Å². The van der Waals surface area contributed by atoms with E-state index in [1.165, 1.54) is 0 Å². The van der Waals surface area contributed by atoms with Crippen molar-refractivity contribution in [3.63, 3.8) is 0 Å². The Morgan fingerprint density at radius 1 is 1.21 bits per heavy atom. The summed E-state index contributed by atoms with van der Waals surface area (Å²) in [5, 5.41) is 6.14. The van der Waals surface area contributed by atoms with E-state index in [9.17, 15) is 18.0 Å². The Morgan fingerprint density at radius 3 is 2.46 bits per heavy atom. The zero-order valence-electron chi connectivity index (χ0n) is 12.6. The number of halogens is 3. The fourth-order valence-electron chi connectivity index (χ4n) is 2.44. The summed E-state index contributed by atoms with van der Waals surface area (Å²) in [6.45, 7) is 1.88. The first-order valence-electron chi connectivity index (χ1n) is 7.46. The number of aromatic nitrogens is 2. The first-order valence-corrected chi connectivity index (χ1v) is 7.46. The number of hydrogen-bond acceptors (Lipinski definition) is 4. The molecular formula is C15H15F3N4O2. The smallest absolute Gasteiger partial charge is 0.334 e. The number of nitrogens with zero attached hydrogens (tertiary/aromatic N) is 3. The third kappa shape index (κ3) is 3.66. The van der Waals surface area contributed by atoms with Crippen LogP contribution >= 0.6 is 0 Å². The van der Waals surface area contributed by atoms with Crippen molar-refractivity contribution in [2.24, 2.45) is 0 Å². The van der Waals surface area contributed by atoms with Crippen LogP contribution in [-0.2, 0) is 12.7 Å². The van der Waals surface area contributed by atoms with E-state index in [2.05, 4.69) is 20.0 Å². The van der Waals surface area contributed by atoms with Crippen LogP contribution in [0.2, 0.25) is 0 Å². The van der Waals surface area contributed by atoms with Crippen LogP contribution in [0.3, 0.4) is 0 Å². The molecule has 24 heavy (non-hydrogen) atoms. The highest BCUT2D eigenvalue weighted by Crippen LogP contribution is 2.29. The maximum atomic E-state index is 12.4. The van der Waals surface area contributed by atoms with Crippen LogP contribution in [-0.4, -0.2) is 34.2 Å².